The van der Waals surface area contributed by atoms with E-state index in [1.54, 1.807) is 26.5 Å². The molecule has 3 heterocycles. The van der Waals surface area contributed by atoms with E-state index >= 15 is 0 Å². The van der Waals surface area contributed by atoms with Crippen molar-refractivity contribution in [3.8, 4) is 11.5 Å². The lowest BCUT2D eigenvalue weighted by Gasteiger charge is -2.20. The largest absolute Gasteiger partial charge is 0.343 e. The molecule has 124 valence electrons. The van der Waals surface area contributed by atoms with Gasteiger partial charge in [0.1, 0.15) is 11.5 Å². The molecule has 9 heteroatoms. The maximum Gasteiger partial charge on any atom is 0.281 e. The van der Waals surface area contributed by atoms with Crippen molar-refractivity contribution in [2.75, 3.05) is 27.2 Å². The molecule has 23 heavy (non-hydrogen) atoms. The number of hydrogen-bond acceptors (Lipinski definition) is 5. The highest BCUT2D eigenvalue weighted by Gasteiger charge is 2.34. The zero-order valence-corrected chi connectivity index (χ0v) is 14.2. The highest BCUT2D eigenvalue weighted by Crippen LogP contribution is 2.29. The van der Waals surface area contributed by atoms with Crippen molar-refractivity contribution in [3.05, 3.63) is 30.0 Å². The average Bonchev–Trinajstić information content (AvgIpc) is 3.18. The summed E-state index contributed by atoms with van der Waals surface area (Å²) in [5.41, 5.74) is 1.59. The fraction of sp³-hybridized carbons (Fsp3) is 0.500. The summed E-state index contributed by atoms with van der Waals surface area (Å²) in [5.74, 6) is 1.41. The molecule has 1 aliphatic heterocycles. The van der Waals surface area contributed by atoms with Gasteiger partial charge in [-0.1, -0.05) is 0 Å². The molecule has 1 N–H and O–H groups in total. The van der Waals surface area contributed by atoms with Crippen molar-refractivity contribution in [2.45, 2.75) is 19.3 Å². The van der Waals surface area contributed by atoms with Crippen molar-refractivity contribution >= 4 is 10.2 Å². The van der Waals surface area contributed by atoms with Crippen LogP contribution in [0.2, 0.25) is 0 Å². The van der Waals surface area contributed by atoms with Crippen LogP contribution < -0.4 is 0 Å². The predicted molar refractivity (Wildman–Crippen MR) is 85.9 cm³/mol. The molecule has 0 amide bonds. The fourth-order valence-corrected chi connectivity index (χ4v) is 3.90. The molecule has 0 saturated carbocycles. The molecule has 0 radical (unpaired) electrons. The summed E-state index contributed by atoms with van der Waals surface area (Å²) in [4.78, 5) is 16.1. The van der Waals surface area contributed by atoms with Crippen LogP contribution in [0.15, 0.2) is 18.5 Å². The van der Waals surface area contributed by atoms with E-state index in [4.69, 9.17) is 0 Å². The Bertz CT molecular complexity index is 788. The Morgan fingerprint density at radius 3 is 2.78 bits per heavy atom. The van der Waals surface area contributed by atoms with Crippen LogP contribution in [0.3, 0.4) is 0 Å². The second-order valence-corrected chi connectivity index (χ2v) is 7.94. The normalized spacial score (nSPS) is 19.6. The maximum atomic E-state index is 12.2. The molecule has 1 unspecified atom stereocenters. The molecule has 0 aliphatic carbocycles. The molecule has 1 fully saturated rings. The molecule has 0 spiro atoms. The first-order valence-corrected chi connectivity index (χ1v) is 8.80. The molecule has 1 aliphatic rings. The Balaban J connectivity index is 1.86. The first-order chi connectivity index (χ1) is 10.9. The minimum Gasteiger partial charge on any atom is -0.343 e. The molecule has 2 aromatic rings. The third-order valence-electron chi connectivity index (χ3n) is 3.96. The number of hydrogen-bond donors (Lipinski definition) is 1. The molecule has 8 nitrogen and oxygen atoms in total. The van der Waals surface area contributed by atoms with E-state index in [1.807, 2.05) is 13.0 Å². The monoisotopic (exact) mass is 336 g/mol. The van der Waals surface area contributed by atoms with Crippen LogP contribution in [0.1, 0.15) is 23.9 Å². The van der Waals surface area contributed by atoms with E-state index < -0.39 is 10.2 Å². The number of aryl methyl sites for hydroxylation is 1. The average molecular weight is 336 g/mol. The van der Waals surface area contributed by atoms with Crippen LogP contribution in [-0.4, -0.2) is 64.1 Å². The van der Waals surface area contributed by atoms with Crippen LogP contribution in [0, 0.1) is 6.92 Å². The van der Waals surface area contributed by atoms with Gasteiger partial charge in [0.2, 0.25) is 0 Å². The van der Waals surface area contributed by atoms with Gasteiger partial charge >= 0.3 is 0 Å². The van der Waals surface area contributed by atoms with Gasteiger partial charge < -0.3 is 4.98 Å². The molecule has 1 saturated heterocycles. The summed E-state index contributed by atoms with van der Waals surface area (Å²) in [6.07, 6.45) is 4.17. The van der Waals surface area contributed by atoms with Gasteiger partial charge in [-0.05, 0) is 19.4 Å². The van der Waals surface area contributed by atoms with E-state index in [9.17, 15) is 8.42 Å². The van der Waals surface area contributed by atoms with E-state index in [0.29, 0.717) is 24.7 Å². The van der Waals surface area contributed by atoms with Crippen molar-refractivity contribution in [1.29, 1.82) is 0 Å². The van der Waals surface area contributed by atoms with Crippen LogP contribution >= 0.6 is 0 Å². The summed E-state index contributed by atoms with van der Waals surface area (Å²) in [6.45, 7) is 2.78. The van der Waals surface area contributed by atoms with Crippen LogP contribution in [0.25, 0.3) is 11.5 Å². The minimum absolute atomic E-state index is 0.0696. The predicted octanol–water partition coefficient (Wildman–Crippen LogP) is 0.771. The lowest BCUT2D eigenvalue weighted by atomic mass is 10.0. The van der Waals surface area contributed by atoms with Gasteiger partial charge in [0.25, 0.3) is 10.2 Å². The summed E-state index contributed by atoms with van der Waals surface area (Å²) in [7, 11) is -0.280. The summed E-state index contributed by atoms with van der Waals surface area (Å²) in [6, 6.07) is 1.89. The van der Waals surface area contributed by atoms with Gasteiger partial charge in [0.05, 0.1) is 0 Å². The van der Waals surface area contributed by atoms with Gasteiger partial charge in [0, 0.05) is 51.2 Å². The number of rotatable bonds is 4. The number of H-pyrrole nitrogens is 1. The van der Waals surface area contributed by atoms with Crippen molar-refractivity contribution < 1.29 is 8.42 Å². The van der Waals surface area contributed by atoms with Crippen LogP contribution in [-0.2, 0) is 10.2 Å². The Morgan fingerprint density at radius 2 is 2.13 bits per heavy atom. The van der Waals surface area contributed by atoms with Gasteiger partial charge in [-0.2, -0.15) is 17.0 Å². The van der Waals surface area contributed by atoms with E-state index in [1.165, 1.54) is 8.61 Å². The number of nitrogens with one attached hydrogen (secondary N) is 1. The molecule has 3 rings (SSSR count). The van der Waals surface area contributed by atoms with E-state index in [2.05, 4.69) is 19.9 Å². The number of aromatic nitrogens is 4. The van der Waals surface area contributed by atoms with Crippen molar-refractivity contribution in [1.82, 2.24) is 28.5 Å². The number of nitrogens with zero attached hydrogens (tertiary/aromatic N) is 5. The third-order valence-corrected chi connectivity index (χ3v) is 5.86. The first kappa shape index (κ1) is 16.0. The minimum atomic E-state index is -3.38. The molecular formula is C14H20N6O2S. The summed E-state index contributed by atoms with van der Waals surface area (Å²) < 4.78 is 27.2. The summed E-state index contributed by atoms with van der Waals surface area (Å²) >= 11 is 0. The molecular weight excluding hydrogens is 316 g/mol. The second-order valence-electron chi connectivity index (χ2n) is 5.80. The zero-order valence-electron chi connectivity index (χ0n) is 13.4. The Hall–Kier alpha value is -1.84. The van der Waals surface area contributed by atoms with Gasteiger partial charge in [-0.25, -0.2) is 15.0 Å². The highest BCUT2D eigenvalue weighted by molar-refractivity contribution is 7.86. The van der Waals surface area contributed by atoms with E-state index in [0.717, 1.165) is 17.8 Å². The SMILES string of the molecule is Cc1nc(-c2ncc[nH]2)cc(C2CCN(S(=O)(=O)N(C)C)C2)n1. The Labute approximate surface area is 135 Å². The van der Waals surface area contributed by atoms with Crippen LogP contribution in [0.4, 0.5) is 0 Å². The van der Waals surface area contributed by atoms with E-state index in [-0.39, 0.29) is 5.92 Å². The molecule has 0 aromatic carbocycles. The van der Waals surface area contributed by atoms with Gasteiger partial charge in [-0.3, -0.25) is 0 Å². The fourth-order valence-electron chi connectivity index (χ4n) is 2.74. The summed E-state index contributed by atoms with van der Waals surface area (Å²) in [5, 5.41) is 0. The topological polar surface area (TPSA) is 95.1 Å². The first-order valence-electron chi connectivity index (χ1n) is 7.41. The van der Waals surface area contributed by atoms with Crippen molar-refractivity contribution in [2.24, 2.45) is 0 Å². The zero-order chi connectivity index (χ0) is 16.6. The smallest absolute Gasteiger partial charge is 0.281 e. The molecule has 1 atom stereocenters. The van der Waals surface area contributed by atoms with Gasteiger partial charge in [-0.15, -0.1) is 0 Å². The third kappa shape index (κ3) is 3.12. The Morgan fingerprint density at radius 1 is 1.35 bits per heavy atom. The maximum absolute atomic E-state index is 12.2. The van der Waals surface area contributed by atoms with Crippen molar-refractivity contribution in [3.63, 3.8) is 0 Å². The lowest BCUT2D eigenvalue weighted by Crippen LogP contribution is -2.38. The highest BCUT2D eigenvalue weighted by atomic mass is 32.2. The van der Waals surface area contributed by atoms with Crippen LogP contribution in [0.5, 0.6) is 0 Å². The molecule has 2 aromatic heterocycles. The second kappa shape index (κ2) is 5.99. The number of aromatic amines is 1. The lowest BCUT2D eigenvalue weighted by molar-refractivity contribution is 0.418. The van der Waals surface area contributed by atoms with Gasteiger partial charge in [0.15, 0.2) is 5.82 Å². The standard InChI is InChI=1S/C14H20N6O2S/c1-10-17-12(8-13(18-10)14-15-5-6-16-14)11-4-7-20(9-11)23(21,22)19(2)3/h5-6,8,11H,4,7,9H2,1-3H3,(H,15,16). The Kier molecular flexibility index (Phi) is 4.17. The number of imidazole rings is 1. The molecule has 0 bridgehead atoms. The quantitative estimate of drug-likeness (QED) is 0.890.